The van der Waals surface area contributed by atoms with Crippen LogP contribution < -0.4 is 5.32 Å². The predicted octanol–water partition coefficient (Wildman–Crippen LogP) is 2.16. The number of likely N-dealkylation sites (tertiary alicyclic amines) is 1. The van der Waals surface area contributed by atoms with Crippen molar-refractivity contribution in [1.82, 2.24) is 10.2 Å². The molecule has 98 valence electrons. The molecule has 2 heterocycles. The minimum absolute atomic E-state index is 0.217. The van der Waals surface area contributed by atoms with Crippen LogP contribution in [0.1, 0.15) is 52.9 Å². The second-order valence-electron chi connectivity index (χ2n) is 5.96. The van der Waals surface area contributed by atoms with Gasteiger partial charge in [0.05, 0.1) is 5.92 Å². The highest BCUT2D eigenvalue weighted by molar-refractivity contribution is 5.80. The van der Waals surface area contributed by atoms with Crippen molar-refractivity contribution in [2.45, 2.75) is 71.0 Å². The molecule has 2 unspecified atom stereocenters. The lowest BCUT2D eigenvalue weighted by Gasteiger charge is -2.42. The minimum atomic E-state index is 0.217. The summed E-state index contributed by atoms with van der Waals surface area (Å²) in [6, 6.07) is 1.45. The van der Waals surface area contributed by atoms with Gasteiger partial charge in [-0.15, -0.1) is 0 Å². The highest BCUT2D eigenvalue weighted by Gasteiger charge is 2.34. The molecule has 0 aromatic heterocycles. The lowest BCUT2D eigenvalue weighted by molar-refractivity contribution is -0.142. The van der Waals surface area contributed by atoms with Gasteiger partial charge in [0.1, 0.15) is 0 Å². The molecular weight excluding hydrogens is 212 g/mol. The number of nitrogens with one attached hydrogen (secondary N) is 1. The Morgan fingerprint density at radius 1 is 1.06 bits per heavy atom. The Bertz CT molecular complexity index is 261. The van der Waals surface area contributed by atoms with Gasteiger partial charge in [-0.1, -0.05) is 0 Å². The van der Waals surface area contributed by atoms with Gasteiger partial charge in [0.15, 0.2) is 0 Å². The van der Waals surface area contributed by atoms with E-state index in [0.717, 1.165) is 19.4 Å². The topological polar surface area (TPSA) is 32.3 Å². The van der Waals surface area contributed by atoms with Crippen molar-refractivity contribution in [3.8, 4) is 0 Å². The molecule has 0 radical (unpaired) electrons. The molecule has 0 bridgehead atoms. The Balaban J connectivity index is 1.98. The van der Waals surface area contributed by atoms with Crippen molar-refractivity contribution in [3.05, 3.63) is 0 Å². The maximum absolute atomic E-state index is 12.6. The van der Waals surface area contributed by atoms with Crippen LogP contribution in [0.4, 0.5) is 0 Å². The zero-order valence-electron chi connectivity index (χ0n) is 11.4. The van der Waals surface area contributed by atoms with Crippen LogP contribution in [0.25, 0.3) is 0 Å². The summed E-state index contributed by atoms with van der Waals surface area (Å²) in [7, 11) is 0. The summed E-state index contributed by atoms with van der Waals surface area (Å²) in [6.07, 6.45) is 5.81. The number of hydrogen-bond donors (Lipinski definition) is 1. The highest BCUT2D eigenvalue weighted by Crippen LogP contribution is 2.26. The number of rotatable bonds is 1. The van der Waals surface area contributed by atoms with E-state index in [2.05, 4.69) is 31.0 Å². The molecule has 0 aromatic rings. The van der Waals surface area contributed by atoms with Crippen molar-refractivity contribution in [1.29, 1.82) is 0 Å². The van der Waals surface area contributed by atoms with Crippen LogP contribution in [-0.4, -0.2) is 35.5 Å². The monoisotopic (exact) mass is 238 g/mol. The van der Waals surface area contributed by atoms with Gasteiger partial charge < -0.3 is 10.2 Å². The molecule has 0 saturated carbocycles. The normalized spacial score (nSPS) is 39.1. The summed E-state index contributed by atoms with van der Waals surface area (Å²) in [5, 5.41) is 3.43. The molecule has 17 heavy (non-hydrogen) atoms. The molecular formula is C14H26N2O. The van der Waals surface area contributed by atoms with E-state index in [9.17, 15) is 4.79 Å². The average molecular weight is 238 g/mol. The lowest BCUT2D eigenvalue weighted by atomic mass is 9.90. The van der Waals surface area contributed by atoms with Gasteiger partial charge in [-0.3, -0.25) is 4.79 Å². The van der Waals surface area contributed by atoms with Gasteiger partial charge in [0, 0.05) is 24.7 Å². The van der Waals surface area contributed by atoms with E-state index < -0.39 is 0 Å². The average Bonchev–Trinajstić information content (AvgIpc) is 2.29. The van der Waals surface area contributed by atoms with E-state index in [0.29, 0.717) is 24.0 Å². The summed E-state index contributed by atoms with van der Waals surface area (Å²) in [5.74, 6) is 0.610. The Labute approximate surface area is 105 Å². The third-order valence-electron chi connectivity index (χ3n) is 4.46. The van der Waals surface area contributed by atoms with Gasteiger partial charge in [0.25, 0.3) is 0 Å². The largest absolute Gasteiger partial charge is 0.337 e. The molecule has 2 fully saturated rings. The Kier molecular flexibility index (Phi) is 4.08. The van der Waals surface area contributed by atoms with E-state index in [-0.39, 0.29) is 5.92 Å². The summed E-state index contributed by atoms with van der Waals surface area (Å²) in [5.41, 5.74) is 0. The SMILES string of the molecule is CC1CCC(C(=O)N2[C@H](C)CCC[C@@H]2C)CN1. The van der Waals surface area contributed by atoms with Crippen molar-refractivity contribution in [2.24, 2.45) is 5.92 Å². The maximum Gasteiger partial charge on any atom is 0.227 e. The van der Waals surface area contributed by atoms with Crippen LogP contribution in [-0.2, 0) is 4.79 Å². The summed E-state index contributed by atoms with van der Waals surface area (Å²) >= 11 is 0. The van der Waals surface area contributed by atoms with Crippen LogP contribution in [0.5, 0.6) is 0 Å². The minimum Gasteiger partial charge on any atom is -0.337 e. The molecule has 3 heteroatoms. The van der Waals surface area contributed by atoms with E-state index in [4.69, 9.17) is 0 Å². The van der Waals surface area contributed by atoms with Gasteiger partial charge >= 0.3 is 0 Å². The summed E-state index contributed by atoms with van der Waals surface area (Å²) < 4.78 is 0. The number of hydrogen-bond acceptors (Lipinski definition) is 2. The van der Waals surface area contributed by atoms with Crippen molar-refractivity contribution < 1.29 is 4.79 Å². The molecule has 3 nitrogen and oxygen atoms in total. The van der Waals surface area contributed by atoms with Crippen LogP contribution in [0.3, 0.4) is 0 Å². The molecule has 0 aliphatic carbocycles. The Morgan fingerprint density at radius 3 is 2.24 bits per heavy atom. The Morgan fingerprint density at radius 2 is 1.71 bits per heavy atom. The standard InChI is InChI=1S/C14H26N2O/c1-10-7-8-13(9-15-10)14(17)16-11(2)5-4-6-12(16)3/h10-13,15H,4-9H2,1-3H3/t10?,11-,12+,13?. The number of nitrogens with zero attached hydrogens (tertiary/aromatic N) is 1. The van der Waals surface area contributed by atoms with Crippen LogP contribution in [0.2, 0.25) is 0 Å². The fourth-order valence-electron chi connectivity index (χ4n) is 3.28. The maximum atomic E-state index is 12.6. The van der Waals surface area contributed by atoms with Gasteiger partial charge in [0.2, 0.25) is 5.91 Å². The fourth-order valence-corrected chi connectivity index (χ4v) is 3.28. The van der Waals surface area contributed by atoms with Crippen molar-refractivity contribution in [2.75, 3.05) is 6.54 Å². The number of carbonyl (C=O) groups excluding carboxylic acids is 1. The third kappa shape index (κ3) is 2.82. The number of piperidine rings is 2. The second-order valence-corrected chi connectivity index (χ2v) is 5.96. The highest BCUT2D eigenvalue weighted by atomic mass is 16.2. The van der Waals surface area contributed by atoms with Crippen LogP contribution >= 0.6 is 0 Å². The lowest BCUT2D eigenvalue weighted by Crippen LogP contribution is -2.53. The first-order valence-electron chi connectivity index (χ1n) is 7.15. The molecule has 1 N–H and O–H groups in total. The second kappa shape index (κ2) is 5.38. The third-order valence-corrected chi connectivity index (χ3v) is 4.46. The smallest absolute Gasteiger partial charge is 0.227 e. The summed E-state index contributed by atoms with van der Waals surface area (Å²) in [4.78, 5) is 14.7. The molecule has 0 aromatic carbocycles. The van der Waals surface area contributed by atoms with E-state index in [1.54, 1.807) is 0 Å². The molecule has 1 amide bonds. The van der Waals surface area contributed by atoms with Crippen molar-refractivity contribution in [3.63, 3.8) is 0 Å². The molecule has 2 aliphatic heterocycles. The zero-order valence-corrected chi connectivity index (χ0v) is 11.4. The molecule has 4 atom stereocenters. The first-order chi connectivity index (χ1) is 8.09. The van der Waals surface area contributed by atoms with Gasteiger partial charge in [-0.05, 0) is 52.9 Å². The summed E-state index contributed by atoms with van der Waals surface area (Å²) in [6.45, 7) is 7.47. The predicted molar refractivity (Wildman–Crippen MR) is 69.8 cm³/mol. The number of amides is 1. The van der Waals surface area contributed by atoms with Crippen LogP contribution in [0, 0.1) is 5.92 Å². The Hall–Kier alpha value is -0.570. The molecule has 2 saturated heterocycles. The first kappa shape index (κ1) is 12.9. The molecule has 2 rings (SSSR count). The van der Waals surface area contributed by atoms with Gasteiger partial charge in [-0.25, -0.2) is 0 Å². The molecule has 0 spiro atoms. The zero-order chi connectivity index (χ0) is 12.4. The number of carbonyl (C=O) groups is 1. The van der Waals surface area contributed by atoms with E-state index in [1.807, 2.05) is 0 Å². The van der Waals surface area contributed by atoms with E-state index in [1.165, 1.54) is 19.3 Å². The van der Waals surface area contributed by atoms with Crippen molar-refractivity contribution >= 4 is 5.91 Å². The first-order valence-corrected chi connectivity index (χ1v) is 7.15. The quantitative estimate of drug-likeness (QED) is 0.759. The molecule has 2 aliphatic rings. The van der Waals surface area contributed by atoms with Crippen LogP contribution in [0.15, 0.2) is 0 Å². The van der Waals surface area contributed by atoms with Gasteiger partial charge in [-0.2, -0.15) is 0 Å². The fraction of sp³-hybridized carbons (Fsp3) is 0.929. The van der Waals surface area contributed by atoms with E-state index >= 15 is 0 Å².